The van der Waals surface area contributed by atoms with Gasteiger partial charge in [-0.2, -0.15) is 0 Å². The van der Waals surface area contributed by atoms with Gasteiger partial charge in [-0.3, -0.25) is 4.90 Å². The molecule has 1 aromatic rings. The molecule has 0 saturated carbocycles. The Bertz CT molecular complexity index is 749. The van der Waals surface area contributed by atoms with Gasteiger partial charge in [0.25, 0.3) is 0 Å². The lowest BCUT2D eigenvalue weighted by Gasteiger charge is -2.57. The fourth-order valence-electron chi connectivity index (χ4n) is 5.78. The van der Waals surface area contributed by atoms with E-state index in [1.54, 1.807) is 6.20 Å². The number of sulfone groups is 1. The van der Waals surface area contributed by atoms with Gasteiger partial charge >= 0.3 is 0 Å². The molecule has 4 atom stereocenters. The lowest BCUT2D eigenvalue weighted by molar-refractivity contribution is -0.0354. The number of fused-ring (bicyclic) bond motifs is 4. The van der Waals surface area contributed by atoms with Crippen molar-refractivity contribution in [3.63, 3.8) is 0 Å². The molecule has 0 radical (unpaired) electrons. The van der Waals surface area contributed by atoms with Gasteiger partial charge in [-0.15, -0.1) is 0 Å². The predicted octanol–water partition coefficient (Wildman–Crippen LogP) is 3.11. The molecule has 0 spiro atoms. The van der Waals surface area contributed by atoms with E-state index in [2.05, 4.69) is 21.7 Å². The number of hydrogen-bond acceptors (Lipinski definition) is 5. The Labute approximate surface area is 164 Å². The maximum atomic E-state index is 11.5. The number of hydrogen-bond donors (Lipinski definition) is 0. The highest BCUT2D eigenvalue weighted by Gasteiger charge is 2.46. The van der Waals surface area contributed by atoms with E-state index in [-0.39, 0.29) is 5.75 Å². The summed E-state index contributed by atoms with van der Waals surface area (Å²) in [7, 11) is -3.01. The number of anilines is 1. The highest BCUT2D eigenvalue weighted by atomic mass is 32.2. The lowest BCUT2D eigenvalue weighted by Crippen LogP contribution is -2.63. The smallest absolute Gasteiger partial charge is 0.151 e. The molecule has 0 aliphatic carbocycles. The van der Waals surface area contributed by atoms with Crippen LogP contribution in [-0.4, -0.2) is 56.3 Å². The van der Waals surface area contributed by atoms with E-state index in [9.17, 15) is 8.42 Å². The summed E-state index contributed by atoms with van der Waals surface area (Å²) < 4.78 is 23.0. The molecule has 27 heavy (non-hydrogen) atoms. The second kappa shape index (κ2) is 7.70. The number of rotatable bonds is 5. The van der Waals surface area contributed by atoms with Crippen LogP contribution in [0.25, 0.3) is 0 Å². The third-order valence-electron chi connectivity index (χ3n) is 6.77. The van der Waals surface area contributed by atoms with Crippen LogP contribution in [0.3, 0.4) is 0 Å². The number of aromatic nitrogens is 1. The summed E-state index contributed by atoms with van der Waals surface area (Å²) in [4.78, 5) is 9.97. The molecule has 0 amide bonds. The fraction of sp³-hybridized carbons (Fsp3) is 0.762. The highest BCUT2D eigenvalue weighted by Crippen LogP contribution is 2.43. The van der Waals surface area contributed by atoms with Gasteiger partial charge in [0, 0.05) is 37.6 Å². The maximum Gasteiger partial charge on any atom is 0.151 e. The second-order valence-electron chi connectivity index (χ2n) is 8.91. The van der Waals surface area contributed by atoms with E-state index in [1.807, 2.05) is 12.1 Å². The molecule has 6 heteroatoms. The molecule has 3 aliphatic heterocycles. The van der Waals surface area contributed by atoms with E-state index in [4.69, 9.17) is 0 Å². The summed E-state index contributed by atoms with van der Waals surface area (Å²) in [5.74, 6) is 2.56. The van der Waals surface area contributed by atoms with Crippen LogP contribution in [0.2, 0.25) is 0 Å². The third-order valence-corrected chi connectivity index (χ3v) is 7.63. The molecule has 0 aromatic carbocycles. The van der Waals surface area contributed by atoms with Gasteiger partial charge < -0.3 is 4.90 Å². The molecular formula is C21H33N3O2S. The Kier molecular flexibility index (Phi) is 5.48. The van der Waals surface area contributed by atoms with Crippen molar-refractivity contribution in [1.29, 1.82) is 0 Å². The highest BCUT2D eigenvalue weighted by molar-refractivity contribution is 7.89. The van der Waals surface area contributed by atoms with Gasteiger partial charge in [-0.25, -0.2) is 13.4 Å². The minimum absolute atomic E-state index is 0.0706. The average molecular weight is 392 g/mol. The van der Waals surface area contributed by atoms with Crippen LogP contribution < -0.4 is 4.90 Å². The largest absolute Gasteiger partial charge is 0.356 e. The van der Waals surface area contributed by atoms with Crippen molar-refractivity contribution < 1.29 is 8.42 Å². The van der Waals surface area contributed by atoms with Gasteiger partial charge in [-0.05, 0) is 55.7 Å². The van der Waals surface area contributed by atoms with Crippen LogP contribution >= 0.6 is 0 Å². The van der Waals surface area contributed by atoms with Crippen LogP contribution in [0.4, 0.5) is 5.82 Å². The molecule has 3 fully saturated rings. The molecule has 150 valence electrons. The van der Waals surface area contributed by atoms with Gasteiger partial charge in [0.15, 0.2) is 9.84 Å². The molecule has 5 nitrogen and oxygen atoms in total. The van der Waals surface area contributed by atoms with Crippen LogP contribution in [0, 0.1) is 11.8 Å². The summed E-state index contributed by atoms with van der Waals surface area (Å²) in [6.07, 6.45) is 11.0. The Hall–Kier alpha value is -1.14. The van der Waals surface area contributed by atoms with Crippen molar-refractivity contribution >= 4 is 15.7 Å². The number of piperidine rings is 3. The molecule has 3 saturated heterocycles. The van der Waals surface area contributed by atoms with Crippen LogP contribution in [0.5, 0.6) is 0 Å². The van der Waals surface area contributed by atoms with E-state index in [1.165, 1.54) is 51.3 Å². The Morgan fingerprint density at radius 2 is 2.00 bits per heavy atom. The Morgan fingerprint density at radius 1 is 1.19 bits per heavy atom. The van der Waals surface area contributed by atoms with E-state index in [0.717, 1.165) is 48.4 Å². The molecule has 4 rings (SSSR count). The van der Waals surface area contributed by atoms with Crippen molar-refractivity contribution in [3.05, 3.63) is 23.9 Å². The minimum Gasteiger partial charge on any atom is -0.356 e. The Balaban J connectivity index is 1.52. The summed E-state index contributed by atoms with van der Waals surface area (Å²) in [6, 6.07) is 5.43. The van der Waals surface area contributed by atoms with Gasteiger partial charge in [0.1, 0.15) is 5.82 Å². The van der Waals surface area contributed by atoms with Gasteiger partial charge in [0.2, 0.25) is 0 Å². The van der Waals surface area contributed by atoms with Crippen molar-refractivity contribution in [3.8, 4) is 0 Å². The van der Waals surface area contributed by atoms with E-state index in [0.29, 0.717) is 0 Å². The van der Waals surface area contributed by atoms with Crippen molar-refractivity contribution in [2.45, 2.75) is 63.3 Å². The summed E-state index contributed by atoms with van der Waals surface area (Å²) in [6.45, 7) is 5.78. The van der Waals surface area contributed by atoms with Crippen LogP contribution in [-0.2, 0) is 15.6 Å². The molecule has 3 aliphatic rings. The van der Waals surface area contributed by atoms with E-state index < -0.39 is 9.84 Å². The molecule has 0 N–H and O–H groups in total. The maximum absolute atomic E-state index is 11.5. The fourth-order valence-corrected chi connectivity index (χ4v) is 6.56. The first-order valence-electron chi connectivity index (χ1n) is 10.6. The quantitative estimate of drug-likeness (QED) is 0.772. The van der Waals surface area contributed by atoms with Crippen molar-refractivity contribution in [2.75, 3.05) is 30.8 Å². The zero-order chi connectivity index (χ0) is 19.0. The van der Waals surface area contributed by atoms with Gasteiger partial charge in [0.05, 0.1) is 5.75 Å². The monoisotopic (exact) mass is 391 g/mol. The van der Waals surface area contributed by atoms with Crippen LogP contribution in [0.1, 0.15) is 51.0 Å². The van der Waals surface area contributed by atoms with Crippen molar-refractivity contribution in [2.24, 2.45) is 11.8 Å². The Morgan fingerprint density at radius 3 is 2.70 bits per heavy atom. The number of nitrogens with zero attached hydrogens (tertiary/aromatic N) is 3. The molecule has 0 unspecified atom stereocenters. The lowest BCUT2D eigenvalue weighted by atomic mass is 9.71. The average Bonchev–Trinajstić information content (AvgIpc) is 2.64. The number of pyridine rings is 1. The molecular weight excluding hydrogens is 358 g/mol. The zero-order valence-corrected chi connectivity index (χ0v) is 17.5. The standard InChI is InChI=1S/C21H33N3O2S/c1-3-6-19-17-11-18(20-7-4-5-10-24(19)20)14-23(13-17)21-9-8-16(12-22-21)15-27(2,25)26/h8-9,12,17-20H,3-7,10-11,13-15H2,1-2H3/t17-,18+,19-,20-/m0/s1. The summed E-state index contributed by atoms with van der Waals surface area (Å²) in [5, 5.41) is 0. The summed E-state index contributed by atoms with van der Waals surface area (Å²) >= 11 is 0. The van der Waals surface area contributed by atoms with Crippen LogP contribution in [0.15, 0.2) is 18.3 Å². The summed E-state index contributed by atoms with van der Waals surface area (Å²) in [5.41, 5.74) is 0.778. The molecule has 4 heterocycles. The zero-order valence-electron chi connectivity index (χ0n) is 16.7. The predicted molar refractivity (Wildman–Crippen MR) is 110 cm³/mol. The topological polar surface area (TPSA) is 53.5 Å². The second-order valence-corrected chi connectivity index (χ2v) is 11.1. The SMILES string of the molecule is CCC[C@H]1[C@H]2C[C@H](CN(c3ccc(CS(C)(=O)=O)cn3)C2)[C@@H]2CCCCN21. The van der Waals surface area contributed by atoms with Crippen molar-refractivity contribution in [1.82, 2.24) is 9.88 Å². The normalized spacial score (nSPS) is 31.6. The minimum atomic E-state index is -3.01. The van der Waals surface area contributed by atoms with Gasteiger partial charge in [-0.1, -0.05) is 25.8 Å². The first-order valence-corrected chi connectivity index (χ1v) is 12.6. The van der Waals surface area contributed by atoms with E-state index >= 15 is 0 Å². The third kappa shape index (κ3) is 4.16. The first kappa shape index (κ1) is 19.2. The molecule has 1 aromatic heterocycles. The molecule has 2 bridgehead atoms. The first-order chi connectivity index (χ1) is 12.9.